The highest BCUT2D eigenvalue weighted by atomic mass is 16.1. The van der Waals surface area contributed by atoms with E-state index in [9.17, 15) is 4.79 Å². The Morgan fingerprint density at radius 3 is 2.97 bits per heavy atom. The van der Waals surface area contributed by atoms with E-state index >= 15 is 0 Å². The number of pyridine rings is 1. The molecule has 150 valence electrons. The van der Waals surface area contributed by atoms with E-state index in [1.54, 1.807) is 10.6 Å². The maximum absolute atomic E-state index is 11.5. The molecular weight excluding hydrogens is 380 g/mol. The molecule has 1 saturated carbocycles. The zero-order valence-electron chi connectivity index (χ0n) is 16.3. The summed E-state index contributed by atoms with van der Waals surface area (Å²) in [6.07, 6.45) is 10.9. The third-order valence-corrected chi connectivity index (χ3v) is 5.74. The van der Waals surface area contributed by atoms with Crippen molar-refractivity contribution in [2.75, 3.05) is 0 Å². The molecule has 1 aliphatic carbocycles. The third-order valence-electron chi connectivity index (χ3n) is 5.74. The highest BCUT2D eigenvalue weighted by Crippen LogP contribution is 2.39. The van der Waals surface area contributed by atoms with Crippen LogP contribution in [-0.4, -0.2) is 39.8 Å². The van der Waals surface area contributed by atoms with Gasteiger partial charge in [0.2, 0.25) is 5.91 Å². The summed E-state index contributed by atoms with van der Waals surface area (Å²) in [4.78, 5) is 20.7. The summed E-state index contributed by atoms with van der Waals surface area (Å²) in [6.45, 7) is 0.898. The van der Waals surface area contributed by atoms with E-state index in [-0.39, 0.29) is 0 Å². The van der Waals surface area contributed by atoms with E-state index in [1.807, 2.05) is 29.1 Å². The van der Waals surface area contributed by atoms with Gasteiger partial charge in [-0.15, -0.1) is 0 Å². The van der Waals surface area contributed by atoms with Crippen LogP contribution < -0.4 is 5.73 Å². The van der Waals surface area contributed by atoms with Gasteiger partial charge in [-0.2, -0.15) is 10.2 Å². The Morgan fingerprint density at radius 1 is 1.23 bits per heavy atom. The lowest BCUT2D eigenvalue weighted by Gasteiger charge is -2.12. The molecule has 1 aliphatic heterocycles. The minimum Gasteiger partial charge on any atom is -0.366 e. The Labute approximate surface area is 171 Å². The van der Waals surface area contributed by atoms with Gasteiger partial charge < -0.3 is 10.3 Å². The zero-order valence-corrected chi connectivity index (χ0v) is 16.3. The fourth-order valence-corrected chi connectivity index (χ4v) is 4.21. The molecule has 2 aliphatic rings. The molecule has 0 radical (unpaired) electrons. The van der Waals surface area contributed by atoms with Crippen molar-refractivity contribution >= 4 is 17.6 Å². The zero-order chi connectivity index (χ0) is 20.2. The van der Waals surface area contributed by atoms with Crippen molar-refractivity contribution in [3.8, 4) is 22.6 Å². The Kier molecular flexibility index (Phi) is 3.64. The molecule has 0 atom stereocenters. The highest BCUT2D eigenvalue weighted by molar-refractivity contribution is 5.92. The van der Waals surface area contributed by atoms with Crippen molar-refractivity contribution in [3.63, 3.8) is 0 Å². The molecule has 0 spiro atoms. The van der Waals surface area contributed by atoms with Crippen molar-refractivity contribution < 1.29 is 4.79 Å². The Balaban J connectivity index is 1.59. The van der Waals surface area contributed by atoms with Gasteiger partial charge in [0.1, 0.15) is 23.5 Å². The van der Waals surface area contributed by atoms with Crippen LogP contribution in [0.25, 0.3) is 34.4 Å². The minimum absolute atomic E-state index is 0.511. The smallest absolute Gasteiger partial charge is 0.241 e. The van der Waals surface area contributed by atoms with Crippen LogP contribution in [0, 0.1) is 0 Å². The van der Waals surface area contributed by atoms with Crippen molar-refractivity contribution in [2.45, 2.75) is 38.3 Å². The van der Waals surface area contributed by atoms with Gasteiger partial charge in [0, 0.05) is 30.8 Å². The van der Waals surface area contributed by atoms with Crippen LogP contribution in [0.5, 0.6) is 0 Å². The molecule has 0 aromatic carbocycles. The van der Waals surface area contributed by atoms with E-state index in [1.165, 1.54) is 25.2 Å². The number of nitrogens with zero attached hydrogens (tertiary/aromatic N) is 7. The lowest BCUT2D eigenvalue weighted by Crippen LogP contribution is -2.07. The standard InChI is InChI=1S/C21H20N8O/c22-17(30)7-6-16-14(5-8-18-23-12-24-29(16)18)21-20(25-19-2-1-10-27(19)21)15-9-11-28(26-15)13-3-4-13/h5-9,11-13H,1-4,10H2,(H2,22,30)/b7-6+. The molecule has 2 N–H and O–H groups in total. The van der Waals surface area contributed by atoms with Gasteiger partial charge in [0.15, 0.2) is 5.65 Å². The second-order valence-corrected chi connectivity index (χ2v) is 7.79. The van der Waals surface area contributed by atoms with Gasteiger partial charge in [0.05, 0.1) is 17.4 Å². The first-order valence-electron chi connectivity index (χ1n) is 10.1. The largest absolute Gasteiger partial charge is 0.366 e. The molecule has 0 saturated heterocycles. The number of primary amides is 1. The normalized spacial score (nSPS) is 16.0. The molecule has 4 aromatic rings. The van der Waals surface area contributed by atoms with Crippen LogP contribution in [0.3, 0.4) is 0 Å². The number of fused-ring (bicyclic) bond motifs is 2. The second kappa shape index (κ2) is 6.38. The maximum atomic E-state index is 11.5. The van der Waals surface area contributed by atoms with Gasteiger partial charge >= 0.3 is 0 Å². The molecular formula is C21H20N8O. The van der Waals surface area contributed by atoms with E-state index in [0.29, 0.717) is 11.7 Å². The number of hydrogen-bond donors (Lipinski definition) is 1. The number of rotatable bonds is 5. The number of hydrogen-bond acceptors (Lipinski definition) is 5. The molecule has 6 rings (SSSR count). The first-order chi connectivity index (χ1) is 14.7. The van der Waals surface area contributed by atoms with E-state index in [4.69, 9.17) is 15.8 Å². The summed E-state index contributed by atoms with van der Waals surface area (Å²) in [6, 6.07) is 6.48. The summed E-state index contributed by atoms with van der Waals surface area (Å²) < 4.78 is 6.01. The molecule has 5 heterocycles. The maximum Gasteiger partial charge on any atom is 0.241 e. The van der Waals surface area contributed by atoms with Crippen molar-refractivity contribution in [3.05, 3.63) is 48.3 Å². The lowest BCUT2D eigenvalue weighted by molar-refractivity contribution is -0.113. The van der Waals surface area contributed by atoms with Crippen LogP contribution in [0.4, 0.5) is 0 Å². The Morgan fingerprint density at radius 2 is 2.13 bits per heavy atom. The monoisotopic (exact) mass is 400 g/mol. The average molecular weight is 400 g/mol. The summed E-state index contributed by atoms with van der Waals surface area (Å²) >= 11 is 0. The SMILES string of the molecule is NC(=O)/C=C/c1c(-c2c(-c3ccn(C4CC4)n3)nc3n2CCC3)ccc2ncnn12. The number of aromatic nitrogens is 7. The summed E-state index contributed by atoms with van der Waals surface area (Å²) in [5.41, 5.74) is 10.4. The topological polar surface area (TPSA) is 109 Å². The van der Waals surface area contributed by atoms with Crippen LogP contribution in [-0.2, 0) is 17.8 Å². The van der Waals surface area contributed by atoms with Crippen LogP contribution in [0.1, 0.15) is 36.8 Å². The number of aryl methyl sites for hydroxylation is 1. The van der Waals surface area contributed by atoms with Gasteiger partial charge in [-0.25, -0.2) is 14.5 Å². The number of amides is 1. The highest BCUT2D eigenvalue weighted by Gasteiger charge is 2.28. The Hall–Kier alpha value is -3.75. The van der Waals surface area contributed by atoms with Crippen LogP contribution in [0.15, 0.2) is 36.8 Å². The summed E-state index contributed by atoms with van der Waals surface area (Å²) in [5, 5.41) is 9.16. The molecule has 1 fully saturated rings. The number of imidazole rings is 1. The molecule has 4 aromatic heterocycles. The molecule has 9 heteroatoms. The fraction of sp³-hybridized carbons (Fsp3) is 0.286. The molecule has 30 heavy (non-hydrogen) atoms. The van der Waals surface area contributed by atoms with Gasteiger partial charge in [-0.1, -0.05) is 0 Å². The molecule has 0 bridgehead atoms. The van der Waals surface area contributed by atoms with E-state index in [2.05, 4.69) is 14.6 Å². The van der Waals surface area contributed by atoms with Gasteiger partial charge in [-0.05, 0) is 43.5 Å². The first kappa shape index (κ1) is 17.1. The van der Waals surface area contributed by atoms with E-state index < -0.39 is 5.91 Å². The molecule has 1 amide bonds. The summed E-state index contributed by atoms with van der Waals surface area (Å²) in [5.74, 6) is 0.546. The van der Waals surface area contributed by atoms with Gasteiger partial charge in [0.25, 0.3) is 0 Å². The average Bonchev–Trinajstić information content (AvgIpc) is 3.13. The summed E-state index contributed by atoms with van der Waals surface area (Å²) in [7, 11) is 0. The van der Waals surface area contributed by atoms with E-state index in [0.717, 1.165) is 53.5 Å². The number of nitrogens with two attached hydrogens (primary N) is 1. The molecule has 0 unspecified atom stereocenters. The minimum atomic E-state index is -0.514. The second-order valence-electron chi connectivity index (χ2n) is 7.79. The predicted octanol–water partition coefficient (Wildman–Crippen LogP) is 2.24. The lowest BCUT2D eigenvalue weighted by atomic mass is 10.1. The number of carbonyl (C=O) groups excluding carboxylic acids is 1. The van der Waals surface area contributed by atoms with Crippen LogP contribution >= 0.6 is 0 Å². The van der Waals surface area contributed by atoms with Crippen LogP contribution in [0.2, 0.25) is 0 Å². The van der Waals surface area contributed by atoms with Crippen molar-refractivity contribution in [2.24, 2.45) is 5.73 Å². The molecule has 9 nitrogen and oxygen atoms in total. The third kappa shape index (κ3) is 2.66. The fourth-order valence-electron chi connectivity index (χ4n) is 4.21. The number of carbonyl (C=O) groups is 1. The quantitative estimate of drug-likeness (QED) is 0.517. The Bertz CT molecular complexity index is 1320. The first-order valence-corrected chi connectivity index (χ1v) is 10.1. The van der Waals surface area contributed by atoms with Crippen molar-refractivity contribution in [1.82, 2.24) is 33.9 Å². The van der Waals surface area contributed by atoms with Crippen molar-refractivity contribution in [1.29, 1.82) is 0 Å². The predicted molar refractivity (Wildman–Crippen MR) is 110 cm³/mol. The van der Waals surface area contributed by atoms with Gasteiger partial charge in [-0.3, -0.25) is 9.48 Å².